The van der Waals surface area contributed by atoms with Crippen molar-refractivity contribution in [2.45, 2.75) is 51.5 Å². The number of nitrogens with one attached hydrogen (secondary N) is 1. The van der Waals surface area contributed by atoms with Crippen molar-refractivity contribution in [2.24, 2.45) is 0 Å². The van der Waals surface area contributed by atoms with Gasteiger partial charge in [0.2, 0.25) is 10.0 Å². The molecular weight excluding hydrogens is 288 g/mol. The molecule has 21 heavy (non-hydrogen) atoms. The SMILES string of the molecule is Cc1cc(N)cc(S(=O)(=O)NCCCCOC(C)C)c1C. The van der Waals surface area contributed by atoms with Gasteiger partial charge in [-0.05, 0) is 63.8 Å². The number of nitrogen functional groups attached to an aromatic ring is 1. The van der Waals surface area contributed by atoms with E-state index in [0.717, 1.165) is 24.0 Å². The number of rotatable bonds is 8. The van der Waals surface area contributed by atoms with Crippen LogP contribution in [0.25, 0.3) is 0 Å². The molecule has 1 aromatic carbocycles. The minimum absolute atomic E-state index is 0.208. The second kappa shape index (κ2) is 7.77. The second-order valence-electron chi connectivity index (χ2n) is 5.49. The van der Waals surface area contributed by atoms with Crippen LogP contribution in [-0.4, -0.2) is 27.7 Å². The lowest BCUT2D eigenvalue weighted by Gasteiger charge is -2.12. The first-order valence-electron chi connectivity index (χ1n) is 7.22. The van der Waals surface area contributed by atoms with Crippen molar-refractivity contribution in [2.75, 3.05) is 18.9 Å². The summed E-state index contributed by atoms with van der Waals surface area (Å²) in [5, 5.41) is 0. The number of anilines is 1. The predicted molar refractivity (Wildman–Crippen MR) is 85.8 cm³/mol. The Labute approximate surface area is 127 Å². The van der Waals surface area contributed by atoms with E-state index in [1.54, 1.807) is 13.0 Å². The van der Waals surface area contributed by atoms with Crippen LogP contribution in [-0.2, 0) is 14.8 Å². The Morgan fingerprint density at radius 3 is 2.52 bits per heavy atom. The minimum atomic E-state index is -3.51. The number of aryl methyl sites for hydroxylation is 1. The Kier molecular flexibility index (Phi) is 6.64. The summed E-state index contributed by atoms with van der Waals surface area (Å²) in [4.78, 5) is 0.262. The number of hydrogen-bond acceptors (Lipinski definition) is 4. The van der Waals surface area contributed by atoms with Gasteiger partial charge in [-0.25, -0.2) is 13.1 Å². The molecule has 3 N–H and O–H groups in total. The molecule has 0 spiro atoms. The monoisotopic (exact) mass is 314 g/mol. The van der Waals surface area contributed by atoms with Crippen molar-refractivity contribution in [1.29, 1.82) is 0 Å². The van der Waals surface area contributed by atoms with E-state index in [9.17, 15) is 8.42 Å². The summed E-state index contributed by atoms with van der Waals surface area (Å²) in [6, 6.07) is 3.28. The standard InChI is InChI=1S/C15H26N2O3S/c1-11(2)20-8-6-5-7-17-21(18,19)15-10-14(16)9-12(3)13(15)4/h9-11,17H,5-8,16H2,1-4H3. The molecule has 120 valence electrons. The zero-order chi connectivity index (χ0) is 16.0. The molecule has 0 saturated heterocycles. The molecule has 0 fully saturated rings. The lowest BCUT2D eigenvalue weighted by Crippen LogP contribution is -2.26. The third-order valence-electron chi connectivity index (χ3n) is 3.25. The molecular formula is C15H26N2O3S. The average Bonchev–Trinajstić information content (AvgIpc) is 2.37. The van der Waals surface area contributed by atoms with Gasteiger partial charge >= 0.3 is 0 Å². The van der Waals surface area contributed by atoms with Gasteiger partial charge in [-0.2, -0.15) is 0 Å². The third kappa shape index (κ3) is 5.65. The van der Waals surface area contributed by atoms with E-state index in [1.165, 1.54) is 6.07 Å². The molecule has 1 aromatic rings. The van der Waals surface area contributed by atoms with Crippen molar-refractivity contribution >= 4 is 15.7 Å². The minimum Gasteiger partial charge on any atom is -0.399 e. The fourth-order valence-electron chi connectivity index (χ4n) is 1.96. The van der Waals surface area contributed by atoms with Gasteiger partial charge in [-0.1, -0.05) is 0 Å². The van der Waals surface area contributed by atoms with Crippen LogP contribution in [0.5, 0.6) is 0 Å². The van der Waals surface area contributed by atoms with Crippen LogP contribution in [0.3, 0.4) is 0 Å². The first-order chi connectivity index (χ1) is 9.74. The molecule has 0 aliphatic rings. The number of unbranched alkanes of at least 4 members (excludes halogenated alkanes) is 1. The highest BCUT2D eigenvalue weighted by molar-refractivity contribution is 7.89. The van der Waals surface area contributed by atoms with Crippen molar-refractivity contribution in [3.63, 3.8) is 0 Å². The van der Waals surface area contributed by atoms with E-state index in [0.29, 0.717) is 18.8 Å². The summed E-state index contributed by atoms with van der Waals surface area (Å²) in [5.74, 6) is 0. The number of nitrogens with two attached hydrogens (primary N) is 1. The maximum Gasteiger partial charge on any atom is 0.240 e. The maximum absolute atomic E-state index is 12.3. The normalized spacial score (nSPS) is 12.0. The van der Waals surface area contributed by atoms with Crippen LogP contribution in [0.1, 0.15) is 37.8 Å². The fraction of sp³-hybridized carbons (Fsp3) is 0.600. The second-order valence-corrected chi connectivity index (χ2v) is 7.22. The maximum atomic E-state index is 12.3. The van der Waals surface area contributed by atoms with Gasteiger partial charge in [0.15, 0.2) is 0 Å². The largest absolute Gasteiger partial charge is 0.399 e. The predicted octanol–water partition coefficient (Wildman–Crippen LogP) is 2.37. The Morgan fingerprint density at radius 2 is 1.90 bits per heavy atom. The number of hydrogen-bond donors (Lipinski definition) is 2. The topological polar surface area (TPSA) is 81.4 Å². The van der Waals surface area contributed by atoms with Crippen molar-refractivity contribution in [3.8, 4) is 0 Å². The van der Waals surface area contributed by atoms with Crippen molar-refractivity contribution < 1.29 is 13.2 Å². The van der Waals surface area contributed by atoms with Gasteiger partial charge in [0.25, 0.3) is 0 Å². The van der Waals surface area contributed by atoms with E-state index >= 15 is 0 Å². The first-order valence-corrected chi connectivity index (χ1v) is 8.70. The van der Waals surface area contributed by atoms with Crippen molar-refractivity contribution in [3.05, 3.63) is 23.3 Å². The van der Waals surface area contributed by atoms with E-state index in [-0.39, 0.29) is 11.0 Å². The van der Waals surface area contributed by atoms with E-state index < -0.39 is 10.0 Å². The molecule has 0 atom stereocenters. The highest BCUT2D eigenvalue weighted by Crippen LogP contribution is 2.22. The lowest BCUT2D eigenvalue weighted by atomic mass is 10.1. The molecule has 0 saturated carbocycles. The molecule has 0 unspecified atom stereocenters. The third-order valence-corrected chi connectivity index (χ3v) is 4.83. The van der Waals surface area contributed by atoms with E-state index in [4.69, 9.17) is 10.5 Å². The summed E-state index contributed by atoms with van der Waals surface area (Å²) in [6.07, 6.45) is 1.78. The summed E-state index contributed by atoms with van der Waals surface area (Å²) >= 11 is 0. The van der Waals surface area contributed by atoms with Crippen LogP contribution < -0.4 is 10.5 Å². The average molecular weight is 314 g/mol. The van der Waals surface area contributed by atoms with Gasteiger partial charge in [0, 0.05) is 18.8 Å². The summed E-state index contributed by atoms with van der Waals surface area (Å²) in [5.41, 5.74) is 7.81. The summed E-state index contributed by atoms with van der Waals surface area (Å²) in [6.45, 7) is 8.65. The van der Waals surface area contributed by atoms with Gasteiger partial charge in [-0.15, -0.1) is 0 Å². The van der Waals surface area contributed by atoms with Crippen LogP contribution in [0, 0.1) is 13.8 Å². The quantitative estimate of drug-likeness (QED) is 0.570. The molecule has 0 aliphatic heterocycles. The summed E-state index contributed by atoms with van der Waals surface area (Å²) in [7, 11) is -3.51. The molecule has 0 heterocycles. The molecule has 1 rings (SSSR count). The molecule has 0 radical (unpaired) electrons. The Bertz CT molecular complexity index is 569. The smallest absolute Gasteiger partial charge is 0.240 e. The highest BCUT2D eigenvalue weighted by Gasteiger charge is 2.17. The van der Waals surface area contributed by atoms with Crippen LogP contribution in [0.2, 0.25) is 0 Å². The highest BCUT2D eigenvalue weighted by atomic mass is 32.2. The Balaban J connectivity index is 2.59. The summed E-state index contributed by atoms with van der Waals surface area (Å²) < 4.78 is 32.6. The van der Waals surface area contributed by atoms with E-state index in [1.807, 2.05) is 20.8 Å². The Morgan fingerprint density at radius 1 is 1.24 bits per heavy atom. The van der Waals surface area contributed by atoms with Gasteiger partial charge in [0.1, 0.15) is 0 Å². The zero-order valence-corrected chi connectivity index (χ0v) is 14.1. The van der Waals surface area contributed by atoms with Crippen LogP contribution in [0.15, 0.2) is 17.0 Å². The molecule has 0 aliphatic carbocycles. The number of benzene rings is 1. The number of ether oxygens (including phenoxy) is 1. The number of sulfonamides is 1. The van der Waals surface area contributed by atoms with E-state index in [2.05, 4.69) is 4.72 Å². The lowest BCUT2D eigenvalue weighted by molar-refractivity contribution is 0.0762. The fourth-order valence-corrected chi connectivity index (χ4v) is 3.39. The van der Waals surface area contributed by atoms with Crippen molar-refractivity contribution in [1.82, 2.24) is 4.72 Å². The van der Waals surface area contributed by atoms with Crippen LogP contribution >= 0.6 is 0 Å². The molecule has 6 heteroatoms. The first kappa shape index (κ1) is 17.9. The molecule has 0 bridgehead atoms. The van der Waals surface area contributed by atoms with Gasteiger partial charge in [-0.3, -0.25) is 0 Å². The molecule has 0 amide bonds. The zero-order valence-electron chi connectivity index (χ0n) is 13.3. The molecule has 0 aromatic heterocycles. The molecule has 5 nitrogen and oxygen atoms in total. The van der Waals surface area contributed by atoms with Gasteiger partial charge in [0.05, 0.1) is 11.0 Å². The van der Waals surface area contributed by atoms with Crippen LogP contribution in [0.4, 0.5) is 5.69 Å². The van der Waals surface area contributed by atoms with Gasteiger partial charge < -0.3 is 10.5 Å². The Hall–Kier alpha value is -1.11.